The summed E-state index contributed by atoms with van der Waals surface area (Å²) < 4.78 is 5.86. The van der Waals surface area contributed by atoms with Crippen LogP contribution >= 0.6 is 0 Å². The van der Waals surface area contributed by atoms with Crippen molar-refractivity contribution in [2.45, 2.75) is 37.9 Å². The predicted octanol–water partition coefficient (Wildman–Crippen LogP) is 3.84. The second kappa shape index (κ2) is 5.87. The van der Waals surface area contributed by atoms with E-state index in [1.165, 1.54) is 29.5 Å². The molecule has 3 aliphatic rings. The Morgan fingerprint density at radius 1 is 0.958 bits per heavy atom. The molecule has 0 radical (unpaired) electrons. The molecule has 122 valence electrons. The molecular weight excluding hydrogens is 294 g/mol. The number of fused-ring (bicyclic) bond motifs is 3. The fourth-order valence-electron chi connectivity index (χ4n) is 4.31. The van der Waals surface area contributed by atoms with Crippen LogP contribution in [0.2, 0.25) is 0 Å². The maximum Gasteiger partial charge on any atom is 0.0658 e. The molecule has 2 heteroatoms. The van der Waals surface area contributed by atoms with Crippen LogP contribution < -0.4 is 0 Å². The van der Waals surface area contributed by atoms with Gasteiger partial charge in [0.05, 0.1) is 19.3 Å². The van der Waals surface area contributed by atoms with Crippen LogP contribution in [0.1, 0.15) is 28.7 Å². The van der Waals surface area contributed by atoms with Crippen LogP contribution in [-0.4, -0.2) is 30.2 Å². The number of rotatable bonds is 3. The number of aryl methyl sites for hydroxylation is 2. The normalized spacial score (nSPS) is 25.6. The second-order valence-corrected chi connectivity index (χ2v) is 7.30. The molecule has 2 aromatic carbocycles. The van der Waals surface area contributed by atoms with Gasteiger partial charge in [0.15, 0.2) is 0 Å². The third-order valence-electron chi connectivity index (χ3n) is 5.79. The lowest BCUT2D eigenvalue weighted by Gasteiger charge is -2.45. The van der Waals surface area contributed by atoms with Gasteiger partial charge in [-0.1, -0.05) is 54.6 Å². The van der Waals surface area contributed by atoms with Crippen LogP contribution in [0.3, 0.4) is 0 Å². The molecule has 5 rings (SSSR count). The zero-order valence-electron chi connectivity index (χ0n) is 13.9. The molecular formula is C22H23NO. The molecule has 1 fully saturated rings. The third-order valence-corrected chi connectivity index (χ3v) is 5.79. The molecule has 1 aliphatic carbocycles. The van der Waals surface area contributed by atoms with Crippen molar-refractivity contribution in [1.82, 2.24) is 4.90 Å². The Morgan fingerprint density at radius 3 is 2.58 bits per heavy atom. The molecule has 2 aliphatic heterocycles. The largest absolute Gasteiger partial charge is 0.378 e. The fraction of sp³-hybridized carbons (Fsp3) is 0.364. The number of hydrogen-bond donors (Lipinski definition) is 0. The Bertz CT molecular complexity index is 780. The average molecular weight is 317 g/mol. The standard InChI is InChI=1S/C22H23NO/c1-2-4-16(5-3-1)13-23-21-11-20(12-22(23)15-24-14-21)19-9-7-17-6-8-18(17)10-19/h1-5,7,9-11,21-22H,6,8,12-15H2. The lowest BCUT2D eigenvalue weighted by atomic mass is 9.83. The van der Waals surface area contributed by atoms with Crippen molar-refractivity contribution < 1.29 is 4.74 Å². The van der Waals surface area contributed by atoms with Gasteiger partial charge in [-0.3, -0.25) is 4.90 Å². The molecule has 0 saturated carbocycles. The number of ether oxygens (including phenoxy) is 1. The van der Waals surface area contributed by atoms with E-state index >= 15 is 0 Å². The maximum absolute atomic E-state index is 5.86. The first-order valence-electron chi connectivity index (χ1n) is 9.07. The fourth-order valence-corrected chi connectivity index (χ4v) is 4.31. The van der Waals surface area contributed by atoms with Gasteiger partial charge in [-0.15, -0.1) is 0 Å². The number of morpholine rings is 1. The Balaban J connectivity index is 1.43. The van der Waals surface area contributed by atoms with E-state index in [1.807, 2.05) is 0 Å². The summed E-state index contributed by atoms with van der Waals surface area (Å²) in [6.45, 7) is 2.69. The number of benzene rings is 2. The van der Waals surface area contributed by atoms with Crippen LogP contribution in [-0.2, 0) is 24.1 Å². The Morgan fingerprint density at radius 2 is 1.83 bits per heavy atom. The molecule has 2 unspecified atom stereocenters. The zero-order chi connectivity index (χ0) is 15.9. The molecule has 2 aromatic rings. The minimum Gasteiger partial charge on any atom is -0.378 e. The van der Waals surface area contributed by atoms with Crippen molar-refractivity contribution in [3.63, 3.8) is 0 Å². The SMILES string of the molecule is C1=C(c2ccc3c(c2)CC3)CC2COCC1N2Cc1ccccc1. The van der Waals surface area contributed by atoms with Crippen LogP contribution in [0.4, 0.5) is 0 Å². The lowest BCUT2D eigenvalue weighted by Crippen LogP contribution is -2.53. The molecule has 2 bridgehead atoms. The summed E-state index contributed by atoms with van der Waals surface area (Å²) in [4.78, 5) is 2.63. The van der Waals surface area contributed by atoms with Gasteiger partial charge in [0.1, 0.15) is 0 Å². The first kappa shape index (κ1) is 14.4. The van der Waals surface area contributed by atoms with Gasteiger partial charge in [0.2, 0.25) is 0 Å². The van der Waals surface area contributed by atoms with Crippen molar-refractivity contribution in [2.75, 3.05) is 13.2 Å². The zero-order valence-corrected chi connectivity index (χ0v) is 13.9. The van der Waals surface area contributed by atoms with E-state index in [9.17, 15) is 0 Å². The van der Waals surface area contributed by atoms with Gasteiger partial charge in [0, 0.05) is 12.6 Å². The minimum atomic E-state index is 0.402. The van der Waals surface area contributed by atoms with Crippen molar-refractivity contribution in [2.24, 2.45) is 0 Å². The van der Waals surface area contributed by atoms with E-state index in [2.05, 4.69) is 59.5 Å². The van der Waals surface area contributed by atoms with Crippen LogP contribution in [0, 0.1) is 0 Å². The average Bonchev–Trinajstić information content (AvgIpc) is 2.57. The lowest BCUT2D eigenvalue weighted by molar-refractivity contribution is -0.0402. The summed E-state index contributed by atoms with van der Waals surface area (Å²) >= 11 is 0. The molecule has 0 aromatic heterocycles. The molecule has 2 heterocycles. The van der Waals surface area contributed by atoms with Gasteiger partial charge in [-0.25, -0.2) is 0 Å². The minimum absolute atomic E-state index is 0.402. The van der Waals surface area contributed by atoms with Gasteiger partial charge in [0.25, 0.3) is 0 Å². The van der Waals surface area contributed by atoms with Gasteiger partial charge in [-0.05, 0) is 47.1 Å². The van der Waals surface area contributed by atoms with Crippen molar-refractivity contribution in [1.29, 1.82) is 0 Å². The van der Waals surface area contributed by atoms with Crippen LogP contribution in [0.5, 0.6) is 0 Å². The molecule has 0 N–H and O–H groups in total. The number of nitrogens with zero attached hydrogens (tertiary/aromatic N) is 1. The molecule has 0 amide bonds. The number of hydrogen-bond acceptors (Lipinski definition) is 2. The summed E-state index contributed by atoms with van der Waals surface area (Å²) in [6.07, 6.45) is 6.08. The quantitative estimate of drug-likeness (QED) is 0.853. The van der Waals surface area contributed by atoms with Crippen LogP contribution in [0.15, 0.2) is 54.6 Å². The van der Waals surface area contributed by atoms with E-state index in [0.717, 1.165) is 26.2 Å². The Kier molecular flexibility index (Phi) is 3.53. The summed E-state index contributed by atoms with van der Waals surface area (Å²) in [5.74, 6) is 0. The third kappa shape index (κ3) is 2.51. The Hall–Kier alpha value is -1.90. The van der Waals surface area contributed by atoms with Gasteiger partial charge in [-0.2, -0.15) is 0 Å². The maximum atomic E-state index is 5.86. The van der Waals surface area contributed by atoms with Gasteiger partial charge >= 0.3 is 0 Å². The first-order valence-corrected chi connectivity index (χ1v) is 9.07. The summed E-state index contributed by atoms with van der Waals surface area (Å²) in [6, 6.07) is 18.8. The van der Waals surface area contributed by atoms with E-state index in [0.29, 0.717) is 12.1 Å². The second-order valence-electron chi connectivity index (χ2n) is 7.30. The summed E-state index contributed by atoms with van der Waals surface area (Å²) in [5.41, 5.74) is 7.45. The predicted molar refractivity (Wildman–Crippen MR) is 96.8 cm³/mol. The van der Waals surface area contributed by atoms with E-state index in [4.69, 9.17) is 4.74 Å². The molecule has 0 spiro atoms. The highest BCUT2D eigenvalue weighted by atomic mass is 16.5. The highest BCUT2D eigenvalue weighted by Gasteiger charge is 2.35. The van der Waals surface area contributed by atoms with Crippen molar-refractivity contribution in [3.05, 3.63) is 76.9 Å². The summed E-state index contributed by atoms with van der Waals surface area (Å²) in [5, 5.41) is 0. The Labute approximate surface area is 143 Å². The molecule has 2 atom stereocenters. The van der Waals surface area contributed by atoms with Crippen molar-refractivity contribution >= 4 is 5.57 Å². The topological polar surface area (TPSA) is 12.5 Å². The molecule has 24 heavy (non-hydrogen) atoms. The highest BCUT2D eigenvalue weighted by molar-refractivity contribution is 5.69. The molecule has 1 saturated heterocycles. The van der Waals surface area contributed by atoms with Gasteiger partial charge < -0.3 is 4.74 Å². The monoisotopic (exact) mass is 317 g/mol. The molecule has 2 nitrogen and oxygen atoms in total. The smallest absolute Gasteiger partial charge is 0.0658 e. The first-order chi connectivity index (χ1) is 11.9. The highest BCUT2D eigenvalue weighted by Crippen LogP contribution is 2.35. The van der Waals surface area contributed by atoms with E-state index < -0.39 is 0 Å². The van der Waals surface area contributed by atoms with E-state index in [-0.39, 0.29) is 0 Å². The summed E-state index contributed by atoms with van der Waals surface area (Å²) in [7, 11) is 0. The van der Waals surface area contributed by atoms with E-state index in [1.54, 1.807) is 11.1 Å². The van der Waals surface area contributed by atoms with Crippen molar-refractivity contribution in [3.8, 4) is 0 Å². The van der Waals surface area contributed by atoms with Crippen LogP contribution in [0.25, 0.3) is 5.57 Å².